The van der Waals surface area contributed by atoms with Crippen molar-refractivity contribution in [1.82, 2.24) is 5.32 Å². The Labute approximate surface area is 134 Å². The molecule has 1 aromatic rings. The molecule has 0 fully saturated rings. The molecule has 7 heteroatoms. The maximum Gasteiger partial charge on any atom is 0.232 e. The summed E-state index contributed by atoms with van der Waals surface area (Å²) in [4.78, 5) is 0. The Morgan fingerprint density at radius 1 is 1.30 bits per heavy atom. The van der Waals surface area contributed by atoms with Crippen molar-refractivity contribution < 1.29 is 8.42 Å². The number of rotatable bonds is 8. The van der Waals surface area contributed by atoms with Crippen LogP contribution in [0.15, 0.2) is 22.7 Å². The van der Waals surface area contributed by atoms with Gasteiger partial charge in [0.25, 0.3) is 0 Å². The van der Waals surface area contributed by atoms with Crippen LogP contribution in [-0.4, -0.2) is 26.8 Å². The van der Waals surface area contributed by atoms with Gasteiger partial charge in [-0.25, -0.2) is 8.42 Å². The zero-order chi connectivity index (χ0) is 15.2. The van der Waals surface area contributed by atoms with Crippen molar-refractivity contribution in [3.05, 3.63) is 27.7 Å². The van der Waals surface area contributed by atoms with Crippen LogP contribution in [0, 0.1) is 0 Å². The van der Waals surface area contributed by atoms with Crippen molar-refractivity contribution in [2.45, 2.75) is 32.7 Å². The molecule has 0 spiro atoms. The lowest BCUT2D eigenvalue weighted by molar-refractivity contribution is 0.561. The predicted octanol–water partition coefficient (Wildman–Crippen LogP) is 3.62. The fraction of sp³-hybridized carbons (Fsp3) is 0.538. The van der Waals surface area contributed by atoms with Crippen LogP contribution in [0.4, 0.5) is 5.69 Å². The van der Waals surface area contributed by atoms with E-state index in [2.05, 4.69) is 39.8 Å². The SMILES string of the molecule is CC(C)NCCCCS(=O)(=O)Nc1cc(Br)ccc1Cl. The summed E-state index contributed by atoms with van der Waals surface area (Å²) < 4.78 is 27.2. The van der Waals surface area contributed by atoms with Gasteiger partial charge in [-0.05, 0) is 37.6 Å². The van der Waals surface area contributed by atoms with E-state index in [1.807, 2.05) is 0 Å². The van der Waals surface area contributed by atoms with Gasteiger partial charge in [0, 0.05) is 10.5 Å². The van der Waals surface area contributed by atoms with Gasteiger partial charge in [-0.15, -0.1) is 0 Å². The van der Waals surface area contributed by atoms with E-state index in [1.54, 1.807) is 18.2 Å². The second-order valence-electron chi connectivity index (χ2n) is 4.86. The Bertz CT molecular complexity index is 535. The van der Waals surface area contributed by atoms with Crippen LogP contribution in [-0.2, 0) is 10.0 Å². The summed E-state index contributed by atoms with van der Waals surface area (Å²) in [7, 11) is -3.36. The highest BCUT2D eigenvalue weighted by Crippen LogP contribution is 2.26. The molecule has 0 aromatic heterocycles. The molecule has 4 nitrogen and oxygen atoms in total. The van der Waals surface area contributed by atoms with E-state index in [-0.39, 0.29) is 5.75 Å². The smallest absolute Gasteiger partial charge is 0.232 e. The lowest BCUT2D eigenvalue weighted by Gasteiger charge is -2.11. The maximum absolute atomic E-state index is 12.0. The minimum absolute atomic E-state index is 0.0929. The standard InChI is InChI=1S/C13H20BrClN2O2S/c1-10(2)16-7-3-4-8-20(18,19)17-13-9-11(14)5-6-12(13)15/h5-6,9-10,16-17H,3-4,7-8H2,1-2H3. The number of sulfonamides is 1. The first-order valence-electron chi connectivity index (χ1n) is 6.49. The van der Waals surface area contributed by atoms with Gasteiger partial charge in [0.1, 0.15) is 0 Å². The zero-order valence-corrected chi connectivity index (χ0v) is 14.8. The molecule has 0 atom stereocenters. The average molecular weight is 384 g/mol. The molecule has 114 valence electrons. The summed E-state index contributed by atoms with van der Waals surface area (Å²) in [5.41, 5.74) is 0.404. The Hall–Kier alpha value is -0.300. The van der Waals surface area contributed by atoms with E-state index < -0.39 is 10.0 Å². The Morgan fingerprint density at radius 3 is 2.65 bits per heavy atom. The number of hydrogen-bond donors (Lipinski definition) is 2. The highest BCUT2D eigenvalue weighted by molar-refractivity contribution is 9.10. The third-order valence-electron chi connectivity index (χ3n) is 2.59. The normalized spacial score (nSPS) is 11.8. The zero-order valence-electron chi connectivity index (χ0n) is 11.6. The second-order valence-corrected chi connectivity index (χ2v) is 8.03. The third-order valence-corrected chi connectivity index (χ3v) is 4.77. The number of halogens is 2. The molecule has 1 rings (SSSR count). The highest BCUT2D eigenvalue weighted by atomic mass is 79.9. The summed E-state index contributed by atoms with van der Waals surface area (Å²) in [6.45, 7) is 4.95. The van der Waals surface area contributed by atoms with Crippen LogP contribution in [0.2, 0.25) is 5.02 Å². The van der Waals surface area contributed by atoms with Gasteiger partial charge in [-0.2, -0.15) is 0 Å². The van der Waals surface area contributed by atoms with Crippen LogP contribution in [0.25, 0.3) is 0 Å². The summed E-state index contributed by atoms with van der Waals surface area (Å²) >= 11 is 9.25. The molecule has 1 aromatic carbocycles. The molecule has 2 N–H and O–H groups in total. The Balaban J connectivity index is 2.47. The van der Waals surface area contributed by atoms with Gasteiger partial charge in [0.2, 0.25) is 10.0 Å². The average Bonchev–Trinajstić information content (AvgIpc) is 2.32. The Morgan fingerprint density at radius 2 is 2.00 bits per heavy atom. The fourth-order valence-electron chi connectivity index (χ4n) is 1.60. The van der Waals surface area contributed by atoms with Crippen molar-refractivity contribution in [3.8, 4) is 0 Å². The van der Waals surface area contributed by atoms with Gasteiger partial charge in [-0.3, -0.25) is 4.72 Å². The first kappa shape index (κ1) is 17.8. The van der Waals surface area contributed by atoms with E-state index >= 15 is 0 Å². The first-order valence-corrected chi connectivity index (χ1v) is 9.31. The second kappa shape index (κ2) is 8.22. The van der Waals surface area contributed by atoms with Gasteiger partial charge >= 0.3 is 0 Å². The molecular formula is C13H20BrClN2O2S. The number of anilines is 1. The first-order chi connectivity index (χ1) is 9.30. The summed E-state index contributed by atoms with van der Waals surface area (Å²) in [5.74, 6) is 0.0929. The minimum Gasteiger partial charge on any atom is -0.315 e. The monoisotopic (exact) mass is 382 g/mol. The van der Waals surface area contributed by atoms with Gasteiger partial charge in [0.05, 0.1) is 16.5 Å². The van der Waals surface area contributed by atoms with E-state index in [9.17, 15) is 8.42 Å². The molecular weight excluding hydrogens is 364 g/mol. The maximum atomic E-state index is 12.0. The van der Waals surface area contributed by atoms with Crippen LogP contribution < -0.4 is 10.0 Å². The van der Waals surface area contributed by atoms with Gasteiger partial charge in [0.15, 0.2) is 0 Å². The van der Waals surface area contributed by atoms with E-state index in [1.165, 1.54) is 0 Å². The summed E-state index contributed by atoms with van der Waals surface area (Å²) in [6, 6.07) is 5.48. The van der Waals surface area contributed by atoms with Crippen LogP contribution in [0.1, 0.15) is 26.7 Å². The largest absolute Gasteiger partial charge is 0.315 e. The number of nitrogens with one attached hydrogen (secondary N) is 2. The molecule has 0 saturated heterocycles. The van der Waals surface area contributed by atoms with Crippen LogP contribution in [0.3, 0.4) is 0 Å². The molecule has 20 heavy (non-hydrogen) atoms. The molecule has 0 heterocycles. The minimum atomic E-state index is -3.36. The van der Waals surface area contributed by atoms with E-state index in [0.717, 1.165) is 17.4 Å². The lowest BCUT2D eigenvalue weighted by atomic mass is 10.3. The number of hydrogen-bond acceptors (Lipinski definition) is 3. The molecule has 0 saturated carbocycles. The van der Waals surface area contributed by atoms with E-state index in [0.29, 0.717) is 23.2 Å². The van der Waals surface area contributed by atoms with Crippen LogP contribution >= 0.6 is 27.5 Å². The molecule has 0 bridgehead atoms. The Kier molecular flexibility index (Phi) is 7.29. The van der Waals surface area contributed by atoms with Crippen molar-refractivity contribution in [3.63, 3.8) is 0 Å². The number of benzene rings is 1. The van der Waals surface area contributed by atoms with Crippen molar-refractivity contribution in [1.29, 1.82) is 0 Å². The van der Waals surface area contributed by atoms with Gasteiger partial charge in [-0.1, -0.05) is 41.4 Å². The summed E-state index contributed by atoms with van der Waals surface area (Å²) in [5, 5.41) is 3.64. The molecule has 0 unspecified atom stereocenters. The highest BCUT2D eigenvalue weighted by Gasteiger charge is 2.12. The molecule has 0 amide bonds. The topological polar surface area (TPSA) is 58.2 Å². The molecule has 0 aliphatic heterocycles. The van der Waals surface area contributed by atoms with Crippen LogP contribution in [0.5, 0.6) is 0 Å². The van der Waals surface area contributed by atoms with Crippen molar-refractivity contribution in [2.24, 2.45) is 0 Å². The predicted molar refractivity (Wildman–Crippen MR) is 88.9 cm³/mol. The summed E-state index contributed by atoms with van der Waals surface area (Å²) in [6.07, 6.45) is 1.44. The number of unbranched alkanes of at least 4 members (excludes halogenated alkanes) is 1. The van der Waals surface area contributed by atoms with Crippen molar-refractivity contribution >= 4 is 43.2 Å². The lowest BCUT2D eigenvalue weighted by Crippen LogP contribution is -2.24. The molecule has 0 radical (unpaired) electrons. The molecule has 0 aliphatic carbocycles. The molecule has 0 aliphatic rings. The van der Waals surface area contributed by atoms with Gasteiger partial charge < -0.3 is 5.32 Å². The van der Waals surface area contributed by atoms with E-state index in [4.69, 9.17) is 11.6 Å². The van der Waals surface area contributed by atoms with Crippen molar-refractivity contribution in [2.75, 3.05) is 17.0 Å². The quantitative estimate of drug-likeness (QED) is 0.674. The fourth-order valence-corrected chi connectivity index (χ4v) is 3.37. The third kappa shape index (κ3) is 6.92.